The quantitative estimate of drug-likeness (QED) is 0.791. The monoisotopic (exact) mass is 352 g/mol. The molecule has 1 aliphatic heterocycles. The van der Waals surface area contributed by atoms with Gasteiger partial charge in [0, 0.05) is 44.9 Å². The lowest BCUT2D eigenvalue weighted by Gasteiger charge is -2.32. The lowest BCUT2D eigenvalue weighted by Crippen LogP contribution is -2.42. The average Bonchev–Trinajstić information content (AvgIpc) is 2.67. The van der Waals surface area contributed by atoms with Gasteiger partial charge in [-0.15, -0.1) is 0 Å². The van der Waals surface area contributed by atoms with E-state index in [1.165, 1.54) is 0 Å². The van der Waals surface area contributed by atoms with E-state index in [4.69, 9.17) is 0 Å². The van der Waals surface area contributed by atoms with Gasteiger partial charge in [-0.3, -0.25) is 9.59 Å². The van der Waals surface area contributed by atoms with Gasteiger partial charge in [0.1, 0.15) is 0 Å². The van der Waals surface area contributed by atoms with Gasteiger partial charge in [-0.2, -0.15) is 0 Å². The third-order valence-electron chi connectivity index (χ3n) is 4.73. The zero-order chi connectivity index (χ0) is 18.7. The molecule has 1 saturated heterocycles. The number of nitrogens with zero attached hydrogens (tertiary/aromatic N) is 4. The number of ketones is 1. The molecular formula is C20H24N4O2. The topological polar surface area (TPSA) is 66.4 Å². The number of carbonyl (C=O) groups excluding carboxylic acids is 2. The fourth-order valence-electron chi connectivity index (χ4n) is 3.26. The Labute approximate surface area is 153 Å². The maximum absolute atomic E-state index is 12.9. The summed E-state index contributed by atoms with van der Waals surface area (Å²) >= 11 is 0. The molecule has 0 unspecified atom stereocenters. The van der Waals surface area contributed by atoms with Crippen LogP contribution in [0.15, 0.2) is 36.5 Å². The Balaban J connectivity index is 1.75. The molecule has 6 heteroatoms. The van der Waals surface area contributed by atoms with Crippen molar-refractivity contribution >= 4 is 17.6 Å². The Morgan fingerprint density at radius 2 is 1.92 bits per heavy atom. The van der Waals surface area contributed by atoms with Crippen LogP contribution in [0.3, 0.4) is 0 Å². The van der Waals surface area contributed by atoms with E-state index >= 15 is 0 Å². The van der Waals surface area contributed by atoms with Crippen molar-refractivity contribution in [3.63, 3.8) is 0 Å². The number of hydrogen-bond donors (Lipinski definition) is 0. The third kappa shape index (κ3) is 3.74. The van der Waals surface area contributed by atoms with Gasteiger partial charge < -0.3 is 9.80 Å². The molecule has 3 rings (SSSR count). The Kier molecular flexibility index (Phi) is 5.30. The second-order valence-electron chi connectivity index (χ2n) is 6.88. The first-order valence-electron chi connectivity index (χ1n) is 8.87. The molecule has 0 bridgehead atoms. The van der Waals surface area contributed by atoms with E-state index in [1.54, 1.807) is 16.0 Å². The predicted molar refractivity (Wildman–Crippen MR) is 100 cm³/mol. The molecule has 0 aliphatic carbocycles. The van der Waals surface area contributed by atoms with E-state index in [0.717, 1.165) is 12.8 Å². The minimum atomic E-state index is -0.155. The first kappa shape index (κ1) is 18.0. The second kappa shape index (κ2) is 7.64. The van der Waals surface area contributed by atoms with Crippen LogP contribution in [0.4, 0.5) is 5.95 Å². The van der Waals surface area contributed by atoms with E-state index < -0.39 is 0 Å². The molecule has 2 aromatic rings. The number of Topliss-reactive ketones (excluding diaryl/α,β-unsaturated/α-hetero) is 1. The molecule has 6 nitrogen and oxygen atoms in total. The van der Waals surface area contributed by atoms with Crippen molar-refractivity contribution in [2.45, 2.75) is 19.8 Å². The Morgan fingerprint density at radius 1 is 1.19 bits per heavy atom. The summed E-state index contributed by atoms with van der Waals surface area (Å²) in [6.45, 7) is 2.92. The predicted octanol–water partition coefficient (Wildman–Crippen LogP) is 2.59. The summed E-state index contributed by atoms with van der Waals surface area (Å²) in [4.78, 5) is 37.9. The number of amides is 1. The average molecular weight is 352 g/mol. The van der Waals surface area contributed by atoms with Crippen LogP contribution < -0.4 is 4.90 Å². The standard InChI is InChI=1S/C20H24N4O2/c1-14-17(12-21-20(22-14)23(2)3)19(26)24-11-7-10-16(13-24)18(25)15-8-5-4-6-9-15/h4-6,8-9,12,16H,7,10-11,13H2,1-3H3/t16-/m0/s1. The summed E-state index contributed by atoms with van der Waals surface area (Å²) in [6, 6.07) is 9.30. The molecule has 26 heavy (non-hydrogen) atoms. The number of aryl methyl sites for hydroxylation is 1. The number of rotatable bonds is 4. The van der Waals surface area contributed by atoms with Gasteiger partial charge >= 0.3 is 0 Å². The molecule has 0 N–H and O–H groups in total. The van der Waals surface area contributed by atoms with Crippen LogP contribution in [0.5, 0.6) is 0 Å². The number of piperidine rings is 1. The highest BCUT2D eigenvalue weighted by Crippen LogP contribution is 2.23. The van der Waals surface area contributed by atoms with Gasteiger partial charge in [-0.05, 0) is 19.8 Å². The van der Waals surface area contributed by atoms with Crippen molar-refractivity contribution in [1.29, 1.82) is 0 Å². The summed E-state index contributed by atoms with van der Waals surface area (Å²) in [5, 5.41) is 0. The minimum Gasteiger partial charge on any atom is -0.347 e. The molecule has 0 radical (unpaired) electrons. The highest BCUT2D eigenvalue weighted by atomic mass is 16.2. The molecule has 1 fully saturated rings. The smallest absolute Gasteiger partial charge is 0.257 e. The SMILES string of the molecule is Cc1nc(N(C)C)ncc1C(=O)N1CCC[C@H](C(=O)c2ccccc2)C1. The van der Waals surface area contributed by atoms with Gasteiger partial charge in [-0.1, -0.05) is 30.3 Å². The minimum absolute atomic E-state index is 0.0987. The summed E-state index contributed by atoms with van der Waals surface area (Å²) < 4.78 is 0. The summed E-state index contributed by atoms with van der Waals surface area (Å²) in [7, 11) is 3.72. The number of hydrogen-bond acceptors (Lipinski definition) is 5. The summed E-state index contributed by atoms with van der Waals surface area (Å²) in [5.41, 5.74) is 1.87. The second-order valence-corrected chi connectivity index (χ2v) is 6.88. The number of carbonyl (C=O) groups is 2. The van der Waals surface area contributed by atoms with Crippen LogP contribution in [0, 0.1) is 12.8 Å². The fraction of sp³-hybridized carbons (Fsp3) is 0.400. The molecule has 0 saturated carbocycles. The fourth-order valence-corrected chi connectivity index (χ4v) is 3.26. The van der Waals surface area contributed by atoms with Crippen LogP contribution in [0.25, 0.3) is 0 Å². The van der Waals surface area contributed by atoms with Crippen LogP contribution >= 0.6 is 0 Å². The van der Waals surface area contributed by atoms with Gasteiger partial charge in [0.25, 0.3) is 5.91 Å². The van der Waals surface area contributed by atoms with E-state index in [1.807, 2.05) is 51.4 Å². The van der Waals surface area contributed by atoms with Crippen molar-refractivity contribution in [2.75, 3.05) is 32.1 Å². The Morgan fingerprint density at radius 3 is 2.58 bits per heavy atom. The molecule has 1 amide bonds. The molecular weight excluding hydrogens is 328 g/mol. The molecule has 2 heterocycles. The van der Waals surface area contributed by atoms with Crippen LogP contribution in [0.2, 0.25) is 0 Å². The van der Waals surface area contributed by atoms with Gasteiger partial charge in [0.05, 0.1) is 11.3 Å². The first-order chi connectivity index (χ1) is 12.5. The van der Waals surface area contributed by atoms with Gasteiger partial charge in [0.2, 0.25) is 5.95 Å². The van der Waals surface area contributed by atoms with Crippen LogP contribution in [0.1, 0.15) is 39.3 Å². The van der Waals surface area contributed by atoms with E-state index in [2.05, 4.69) is 9.97 Å². The number of anilines is 1. The van der Waals surface area contributed by atoms with Crippen LogP contribution in [-0.2, 0) is 0 Å². The normalized spacial score (nSPS) is 17.0. The zero-order valence-electron chi connectivity index (χ0n) is 15.5. The number of benzene rings is 1. The van der Waals surface area contributed by atoms with Crippen LogP contribution in [-0.4, -0.2) is 53.7 Å². The maximum atomic E-state index is 12.9. The Bertz CT molecular complexity index is 805. The lowest BCUT2D eigenvalue weighted by atomic mass is 9.89. The maximum Gasteiger partial charge on any atom is 0.257 e. The number of likely N-dealkylation sites (tertiary alicyclic amines) is 1. The number of aromatic nitrogens is 2. The lowest BCUT2D eigenvalue weighted by molar-refractivity contribution is 0.0635. The highest BCUT2D eigenvalue weighted by molar-refractivity contribution is 5.99. The molecule has 136 valence electrons. The largest absolute Gasteiger partial charge is 0.347 e. The zero-order valence-corrected chi connectivity index (χ0v) is 15.5. The summed E-state index contributed by atoms with van der Waals surface area (Å²) in [5.74, 6) is 0.435. The van der Waals surface area contributed by atoms with Crippen molar-refractivity contribution in [3.8, 4) is 0 Å². The van der Waals surface area contributed by atoms with Crippen molar-refractivity contribution in [1.82, 2.24) is 14.9 Å². The van der Waals surface area contributed by atoms with Crippen molar-refractivity contribution in [3.05, 3.63) is 53.3 Å². The molecule has 1 aromatic heterocycles. The summed E-state index contributed by atoms with van der Waals surface area (Å²) in [6.07, 6.45) is 3.22. The molecule has 1 aromatic carbocycles. The highest BCUT2D eigenvalue weighted by Gasteiger charge is 2.30. The first-order valence-corrected chi connectivity index (χ1v) is 8.87. The van der Waals surface area contributed by atoms with Gasteiger partial charge in [-0.25, -0.2) is 9.97 Å². The Hall–Kier alpha value is -2.76. The molecule has 1 aliphatic rings. The van der Waals surface area contributed by atoms with E-state index in [-0.39, 0.29) is 17.6 Å². The van der Waals surface area contributed by atoms with Crippen molar-refractivity contribution < 1.29 is 9.59 Å². The van der Waals surface area contributed by atoms with E-state index in [0.29, 0.717) is 35.9 Å². The van der Waals surface area contributed by atoms with Gasteiger partial charge in [0.15, 0.2) is 5.78 Å². The van der Waals surface area contributed by atoms with Crippen molar-refractivity contribution in [2.24, 2.45) is 5.92 Å². The molecule has 0 spiro atoms. The third-order valence-corrected chi connectivity index (χ3v) is 4.73. The molecule has 1 atom stereocenters. The van der Waals surface area contributed by atoms with E-state index in [9.17, 15) is 9.59 Å².